The average molecular weight is 339 g/mol. The predicted octanol–water partition coefficient (Wildman–Crippen LogP) is 4.78. The van der Waals surface area contributed by atoms with E-state index in [1.807, 2.05) is 42.5 Å². The van der Waals surface area contributed by atoms with Gasteiger partial charge in [-0.05, 0) is 35.9 Å². The van der Waals surface area contributed by atoms with Crippen LogP contribution in [0.1, 0.15) is 17.5 Å². The van der Waals surface area contributed by atoms with E-state index in [4.69, 9.17) is 21.1 Å². The molecule has 0 fully saturated rings. The molecule has 0 saturated carbocycles. The van der Waals surface area contributed by atoms with Crippen molar-refractivity contribution in [1.29, 1.82) is 0 Å². The van der Waals surface area contributed by atoms with E-state index < -0.39 is 5.60 Å². The molecular formula is C20H15ClO3. The van der Waals surface area contributed by atoms with E-state index in [1.165, 1.54) is 0 Å². The first kappa shape index (κ1) is 15.1. The zero-order chi connectivity index (χ0) is 16.6. The number of aliphatic hydroxyl groups is 1. The second-order valence-corrected chi connectivity index (χ2v) is 6.17. The van der Waals surface area contributed by atoms with Crippen molar-refractivity contribution in [3.8, 4) is 5.75 Å². The first-order chi connectivity index (χ1) is 11.7. The monoisotopic (exact) mass is 338 g/mol. The van der Waals surface area contributed by atoms with Crippen molar-refractivity contribution in [1.82, 2.24) is 0 Å². The third-order valence-corrected chi connectivity index (χ3v) is 4.36. The van der Waals surface area contributed by atoms with Crippen molar-refractivity contribution < 1.29 is 14.6 Å². The van der Waals surface area contributed by atoms with Gasteiger partial charge in [-0.3, -0.25) is 0 Å². The Morgan fingerprint density at radius 2 is 1.92 bits per heavy atom. The van der Waals surface area contributed by atoms with Gasteiger partial charge in [-0.25, -0.2) is 0 Å². The van der Waals surface area contributed by atoms with Gasteiger partial charge in [-0.1, -0.05) is 48.0 Å². The van der Waals surface area contributed by atoms with E-state index in [0.29, 0.717) is 34.3 Å². The molecule has 0 bridgehead atoms. The normalized spacial score (nSPS) is 21.9. The van der Waals surface area contributed by atoms with Crippen LogP contribution in [0.2, 0.25) is 5.02 Å². The van der Waals surface area contributed by atoms with E-state index in [1.54, 1.807) is 30.5 Å². The van der Waals surface area contributed by atoms with Gasteiger partial charge in [0.25, 0.3) is 0 Å². The zero-order valence-electron chi connectivity index (χ0n) is 12.8. The van der Waals surface area contributed by atoms with Gasteiger partial charge in [0.2, 0.25) is 0 Å². The summed E-state index contributed by atoms with van der Waals surface area (Å²) in [7, 11) is 0. The van der Waals surface area contributed by atoms with Crippen molar-refractivity contribution in [2.24, 2.45) is 0 Å². The van der Waals surface area contributed by atoms with Crippen molar-refractivity contribution in [2.45, 2.75) is 12.0 Å². The van der Waals surface area contributed by atoms with Gasteiger partial charge in [0.15, 0.2) is 17.1 Å². The van der Waals surface area contributed by atoms with Crippen molar-refractivity contribution in [3.05, 3.63) is 94.6 Å². The van der Waals surface area contributed by atoms with Crippen LogP contribution in [0.15, 0.2) is 78.5 Å². The fraction of sp³-hybridized carbons (Fsp3) is 0.100. The molecule has 0 aromatic heterocycles. The largest absolute Gasteiger partial charge is 0.462 e. The molecule has 0 aliphatic carbocycles. The van der Waals surface area contributed by atoms with E-state index in [2.05, 4.69) is 0 Å². The molecule has 2 heterocycles. The number of hydrogen-bond donors (Lipinski definition) is 1. The van der Waals surface area contributed by atoms with E-state index in [0.717, 1.165) is 5.56 Å². The number of halogens is 1. The molecule has 0 amide bonds. The van der Waals surface area contributed by atoms with Gasteiger partial charge >= 0.3 is 0 Å². The summed E-state index contributed by atoms with van der Waals surface area (Å²) in [5, 5.41) is 11.8. The Morgan fingerprint density at radius 3 is 2.75 bits per heavy atom. The lowest BCUT2D eigenvalue weighted by atomic mass is 9.84. The number of ether oxygens (including phenoxy) is 2. The fourth-order valence-corrected chi connectivity index (χ4v) is 3.12. The van der Waals surface area contributed by atoms with Crippen LogP contribution in [0.5, 0.6) is 5.75 Å². The minimum absolute atomic E-state index is 0.381. The first-order valence-electron chi connectivity index (χ1n) is 7.67. The third kappa shape index (κ3) is 2.52. The highest BCUT2D eigenvalue weighted by Gasteiger charge is 2.44. The molecule has 1 unspecified atom stereocenters. The highest BCUT2D eigenvalue weighted by Crippen LogP contribution is 2.47. The number of benzene rings is 2. The molecule has 2 aromatic carbocycles. The number of rotatable bonds is 2. The number of hydrogen-bond acceptors (Lipinski definition) is 3. The summed E-state index contributed by atoms with van der Waals surface area (Å²) < 4.78 is 11.6. The molecule has 1 N–H and O–H groups in total. The maximum Gasteiger partial charge on any atom is 0.182 e. The van der Waals surface area contributed by atoms with Gasteiger partial charge in [0.1, 0.15) is 5.75 Å². The summed E-state index contributed by atoms with van der Waals surface area (Å²) in [6, 6.07) is 15.1. The Balaban J connectivity index is 1.81. The Kier molecular flexibility index (Phi) is 3.68. The summed E-state index contributed by atoms with van der Waals surface area (Å²) in [6.45, 7) is 0. The average Bonchev–Trinajstić information content (AvgIpc) is 2.61. The fourth-order valence-electron chi connectivity index (χ4n) is 2.94. The molecule has 0 spiro atoms. The first-order valence-corrected chi connectivity index (χ1v) is 8.04. The maximum atomic E-state index is 11.2. The van der Waals surface area contributed by atoms with Crippen LogP contribution in [0.3, 0.4) is 0 Å². The smallest absolute Gasteiger partial charge is 0.182 e. The SMILES string of the molecule is OC12CC=COC1=C(/C=C/c1ccccc1)Oc1ccc(Cl)cc12. The second-order valence-electron chi connectivity index (χ2n) is 5.73. The minimum atomic E-state index is -1.27. The van der Waals surface area contributed by atoms with E-state index >= 15 is 0 Å². The van der Waals surface area contributed by atoms with Crippen molar-refractivity contribution >= 4 is 17.7 Å². The predicted molar refractivity (Wildman–Crippen MR) is 93.3 cm³/mol. The van der Waals surface area contributed by atoms with Gasteiger partial charge in [-0.15, -0.1) is 0 Å². The Bertz CT molecular complexity index is 868. The highest BCUT2D eigenvalue weighted by atomic mass is 35.5. The minimum Gasteiger partial charge on any atom is -0.462 e. The van der Waals surface area contributed by atoms with E-state index in [-0.39, 0.29) is 0 Å². The van der Waals surface area contributed by atoms with Gasteiger partial charge in [0, 0.05) is 17.0 Å². The molecule has 4 rings (SSSR count). The molecule has 0 radical (unpaired) electrons. The zero-order valence-corrected chi connectivity index (χ0v) is 13.5. The van der Waals surface area contributed by atoms with Crippen LogP contribution in [0.25, 0.3) is 6.08 Å². The lowest BCUT2D eigenvalue weighted by Crippen LogP contribution is -2.35. The van der Waals surface area contributed by atoms with Crippen LogP contribution in [0.4, 0.5) is 0 Å². The molecule has 2 aliphatic heterocycles. The Labute approximate surface area is 145 Å². The van der Waals surface area contributed by atoms with Gasteiger partial charge < -0.3 is 14.6 Å². The molecule has 1 atom stereocenters. The van der Waals surface area contributed by atoms with E-state index in [9.17, 15) is 5.11 Å². The summed E-state index contributed by atoms with van der Waals surface area (Å²) in [6.07, 6.45) is 7.50. The molecule has 3 nitrogen and oxygen atoms in total. The van der Waals surface area contributed by atoms with Crippen LogP contribution < -0.4 is 4.74 Å². The van der Waals surface area contributed by atoms with Crippen LogP contribution in [0, 0.1) is 0 Å². The molecule has 0 saturated heterocycles. The van der Waals surface area contributed by atoms with Gasteiger partial charge in [-0.2, -0.15) is 0 Å². The van der Waals surface area contributed by atoms with Crippen LogP contribution >= 0.6 is 11.6 Å². The van der Waals surface area contributed by atoms with Crippen LogP contribution in [-0.2, 0) is 10.3 Å². The van der Waals surface area contributed by atoms with Gasteiger partial charge in [0.05, 0.1) is 6.26 Å². The second kappa shape index (κ2) is 5.86. The molecule has 2 aromatic rings. The molecule has 2 aliphatic rings. The maximum absolute atomic E-state index is 11.2. The lowest BCUT2D eigenvalue weighted by Gasteiger charge is -2.37. The summed E-state index contributed by atoms with van der Waals surface area (Å²) >= 11 is 6.09. The Morgan fingerprint density at radius 1 is 1.08 bits per heavy atom. The molecule has 120 valence electrons. The topological polar surface area (TPSA) is 38.7 Å². The number of allylic oxidation sites excluding steroid dienone is 1. The standard InChI is InChI=1S/C20H15ClO3/c21-15-8-10-17-16(13-15)20(22)11-4-12-23-19(20)18(24-17)9-7-14-5-2-1-3-6-14/h1-10,12-13,22H,11H2/b9-7+. The van der Waals surface area contributed by atoms with Crippen molar-refractivity contribution in [3.63, 3.8) is 0 Å². The molecular weight excluding hydrogens is 324 g/mol. The lowest BCUT2D eigenvalue weighted by molar-refractivity contribution is 0.00482. The van der Waals surface area contributed by atoms with Crippen LogP contribution in [-0.4, -0.2) is 5.11 Å². The highest BCUT2D eigenvalue weighted by molar-refractivity contribution is 6.30. The molecule has 4 heteroatoms. The quantitative estimate of drug-likeness (QED) is 0.856. The number of fused-ring (bicyclic) bond motifs is 3. The summed E-state index contributed by atoms with van der Waals surface area (Å²) in [5.41, 5.74) is 0.376. The summed E-state index contributed by atoms with van der Waals surface area (Å²) in [5.74, 6) is 1.45. The summed E-state index contributed by atoms with van der Waals surface area (Å²) in [4.78, 5) is 0. The molecule has 24 heavy (non-hydrogen) atoms. The third-order valence-electron chi connectivity index (χ3n) is 4.13. The van der Waals surface area contributed by atoms with Crippen molar-refractivity contribution in [2.75, 3.05) is 0 Å². The Hall–Kier alpha value is -2.49.